The van der Waals surface area contributed by atoms with Crippen molar-refractivity contribution in [1.29, 1.82) is 5.26 Å². The number of esters is 2. The number of hydrogen-bond acceptors (Lipinski definition) is 7. The van der Waals surface area contributed by atoms with E-state index in [0.717, 1.165) is 0 Å². The summed E-state index contributed by atoms with van der Waals surface area (Å²) in [7, 11) is 0. The summed E-state index contributed by atoms with van der Waals surface area (Å²) < 4.78 is 16.2. The first kappa shape index (κ1) is 19.5. The molecule has 0 spiro atoms. The highest BCUT2D eigenvalue weighted by molar-refractivity contribution is 9.10. The number of ether oxygens (including phenoxy) is 3. The van der Waals surface area contributed by atoms with Gasteiger partial charge in [0, 0.05) is 11.4 Å². The van der Waals surface area contributed by atoms with Crippen LogP contribution in [0.5, 0.6) is 5.75 Å². The molecule has 1 atom stereocenters. The third kappa shape index (κ3) is 3.89. The number of nitriles is 1. The highest BCUT2D eigenvalue weighted by Crippen LogP contribution is 2.43. The second kappa shape index (κ2) is 8.06. The van der Waals surface area contributed by atoms with E-state index >= 15 is 0 Å². The van der Waals surface area contributed by atoms with Crippen molar-refractivity contribution < 1.29 is 23.8 Å². The summed E-state index contributed by atoms with van der Waals surface area (Å²) in [5.41, 5.74) is 6.62. The van der Waals surface area contributed by atoms with Gasteiger partial charge in [0.15, 0.2) is 0 Å². The Kier molecular flexibility index (Phi) is 6.05. The van der Waals surface area contributed by atoms with Crippen molar-refractivity contribution in [3.63, 3.8) is 0 Å². The van der Waals surface area contributed by atoms with Crippen molar-refractivity contribution in [2.24, 2.45) is 5.73 Å². The first-order valence-corrected chi connectivity index (χ1v) is 8.52. The van der Waals surface area contributed by atoms with E-state index in [-0.39, 0.29) is 35.1 Å². The lowest BCUT2D eigenvalue weighted by atomic mass is 9.83. The molecule has 8 heteroatoms. The van der Waals surface area contributed by atoms with Gasteiger partial charge in [-0.3, -0.25) is 4.79 Å². The van der Waals surface area contributed by atoms with E-state index in [2.05, 4.69) is 15.9 Å². The molecule has 1 heterocycles. The molecule has 26 heavy (non-hydrogen) atoms. The maximum absolute atomic E-state index is 12.5. The van der Waals surface area contributed by atoms with Crippen LogP contribution in [0.15, 0.2) is 45.5 Å². The molecule has 7 nitrogen and oxygen atoms in total. The van der Waals surface area contributed by atoms with Gasteiger partial charge in [-0.15, -0.1) is 0 Å². The Morgan fingerprint density at radius 1 is 1.42 bits per heavy atom. The fraction of sp³-hybridized carbons (Fsp3) is 0.278. The molecule has 136 valence electrons. The molecule has 1 aliphatic rings. The van der Waals surface area contributed by atoms with Gasteiger partial charge in [0.25, 0.3) is 0 Å². The van der Waals surface area contributed by atoms with Crippen molar-refractivity contribution in [3.05, 3.63) is 51.0 Å². The molecule has 0 fully saturated rings. The molecule has 0 radical (unpaired) electrons. The SMILES string of the molecule is CCOC(=O)C1=C(C)OC(N)=C(C#N)C1c1cc(OC(C)=O)ccc1Br. The number of benzene rings is 1. The Morgan fingerprint density at radius 3 is 2.69 bits per heavy atom. The lowest BCUT2D eigenvalue weighted by Gasteiger charge is -2.27. The van der Waals surface area contributed by atoms with Gasteiger partial charge in [0.2, 0.25) is 5.88 Å². The maximum atomic E-state index is 12.5. The maximum Gasteiger partial charge on any atom is 0.338 e. The molecule has 2 N–H and O–H groups in total. The van der Waals surface area contributed by atoms with Crippen LogP contribution in [0.25, 0.3) is 0 Å². The van der Waals surface area contributed by atoms with Gasteiger partial charge < -0.3 is 19.9 Å². The highest BCUT2D eigenvalue weighted by Gasteiger charge is 2.37. The van der Waals surface area contributed by atoms with Gasteiger partial charge in [-0.25, -0.2) is 4.79 Å². The third-order valence-corrected chi connectivity index (χ3v) is 4.36. The van der Waals surface area contributed by atoms with Gasteiger partial charge in [-0.05, 0) is 37.6 Å². The first-order chi connectivity index (χ1) is 12.3. The van der Waals surface area contributed by atoms with E-state index in [1.54, 1.807) is 32.0 Å². The van der Waals surface area contributed by atoms with Crippen LogP contribution in [0.2, 0.25) is 0 Å². The fourth-order valence-electron chi connectivity index (χ4n) is 2.64. The Bertz CT molecular complexity index is 867. The minimum absolute atomic E-state index is 0.0688. The molecule has 0 saturated carbocycles. The van der Waals surface area contributed by atoms with Gasteiger partial charge in [-0.1, -0.05) is 15.9 Å². The van der Waals surface area contributed by atoms with E-state index in [1.165, 1.54) is 6.92 Å². The van der Waals surface area contributed by atoms with Crippen LogP contribution in [-0.4, -0.2) is 18.5 Å². The average Bonchev–Trinajstić information content (AvgIpc) is 2.55. The average molecular weight is 421 g/mol. The number of hydrogen-bond donors (Lipinski definition) is 1. The van der Waals surface area contributed by atoms with Crippen LogP contribution in [0, 0.1) is 11.3 Å². The predicted molar refractivity (Wildman–Crippen MR) is 95.4 cm³/mol. The molecule has 1 unspecified atom stereocenters. The van der Waals surface area contributed by atoms with E-state index in [4.69, 9.17) is 19.9 Å². The first-order valence-electron chi connectivity index (χ1n) is 7.73. The summed E-state index contributed by atoms with van der Waals surface area (Å²) in [6.07, 6.45) is 0. The number of halogens is 1. The van der Waals surface area contributed by atoms with Crippen molar-refractivity contribution >= 4 is 27.9 Å². The van der Waals surface area contributed by atoms with Crippen LogP contribution in [0.4, 0.5) is 0 Å². The predicted octanol–water partition coefficient (Wildman–Crippen LogP) is 3.02. The van der Waals surface area contributed by atoms with Crippen molar-refractivity contribution in [2.45, 2.75) is 26.7 Å². The molecule has 0 saturated heterocycles. The summed E-state index contributed by atoms with van der Waals surface area (Å²) in [5, 5.41) is 9.57. The summed E-state index contributed by atoms with van der Waals surface area (Å²) in [4.78, 5) is 23.7. The van der Waals surface area contributed by atoms with E-state index < -0.39 is 17.9 Å². The smallest absolute Gasteiger partial charge is 0.338 e. The molecule has 0 amide bonds. The quantitative estimate of drug-likeness (QED) is 0.588. The molecular formula is C18H17BrN2O5. The molecule has 2 rings (SSSR count). The highest BCUT2D eigenvalue weighted by atomic mass is 79.9. The monoisotopic (exact) mass is 420 g/mol. The lowest BCUT2D eigenvalue weighted by molar-refractivity contribution is -0.139. The number of carbonyl (C=O) groups excluding carboxylic acids is 2. The van der Waals surface area contributed by atoms with Gasteiger partial charge >= 0.3 is 11.9 Å². The minimum atomic E-state index is -0.822. The van der Waals surface area contributed by atoms with Crippen LogP contribution in [-0.2, 0) is 19.1 Å². The van der Waals surface area contributed by atoms with Crippen molar-refractivity contribution in [3.8, 4) is 11.8 Å². The number of carbonyl (C=O) groups is 2. The normalized spacial score (nSPS) is 16.7. The van der Waals surface area contributed by atoms with Crippen LogP contribution >= 0.6 is 15.9 Å². The van der Waals surface area contributed by atoms with Crippen LogP contribution in [0.1, 0.15) is 32.3 Å². The Hall–Kier alpha value is -2.79. The summed E-state index contributed by atoms with van der Waals surface area (Å²) in [5.74, 6) is -1.49. The number of nitrogens with two attached hydrogens (primary N) is 1. The Morgan fingerprint density at radius 2 is 2.12 bits per heavy atom. The molecule has 1 aromatic carbocycles. The largest absolute Gasteiger partial charge is 0.463 e. The van der Waals surface area contributed by atoms with Crippen LogP contribution < -0.4 is 10.5 Å². The second-order valence-electron chi connectivity index (χ2n) is 5.39. The molecule has 0 bridgehead atoms. The lowest BCUT2D eigenvalue weighted by Crippen LogP contribution is -2.25. The van der Waals surface area contributed by atoms with Gasteiger partial charge in [0.05, 0.1) is 18.1 Å². The number of allylic oxidation sites excluding steroid dienone is 2. The number of nitrogens with zero attached hydrogens (tertiary/aromatic N) is 1. The zero-order valence-electron chi connectivity index (χ0n) is 14.5. The standard InChI is InChI=1S/C18H17BrN2O5/c1-4-24-18(23)15-9(2)25-17(21)13(8-20)16(15)12-7-11(26-10(3)22)5-6-14(12)19/h5-7,16H,4,21H2,1-3H3. The number of rotatable bonds is 4. The van der Waals surface area contributed by atoms with Crippen molar-refractivity contribution in [1.82, 2.24) is 0 Å². The van der Waals surface area contributed by atoms with E-state index in [9.17, 15) is 14.9 Å². The molecule has 1 aromatic rings. The Balaban J connectivity index is 2.67. The van der Waals surface area contributed by atoms with E-state index in [0.29, 0.717) is 10.0 Å². The van der Waals surface area contributed by atoms with Gasteiger partial charge in [0.1, 0.15) is 23.2 Å². The third-order valence-electron chi connectivity index (χ3n) is 3.64. The minimum Gasteiger partial charge on any atom is -0.463 e. The molecule has 1 aliphatic heterocycles. The zero-order chi connectivity index (χ0) is 19.4. The molecular weight excluding hydrogens is 404 g/mol. The summed E-state index contributed by atoms with van der Waals surface area (Å²) in [6.45, 7) is 4.70. The molecule has 0 aliphatic carbocycles. The zero-order valence-corrected chi connectivity index (χ0v) is 16.0. The van der Waals surface area contributed by atoms with E-state index in [1.807, 2.05) is 6.07 Å². The Labute approximate surface area is 159 Å². The topological polar surface area (TPSA) is 112 Å². The van der Waals surface area contributed by atoms with Crippen molar-refractivity contribution in [2.75, 3.05) is 6.61 Å². The summed E-state index contributed by atoms with van der Waals surface area (Å²) >= 11 is 3.42. The molecule has 0 aromatic heterocycles. The van der Waals surface area contributed by atoms with Crippen LogP contribution in [0.3, 0.4) is 0 Å². The second-order valence-corrected chi connectivity index (χ2v) is 6.25. The van der Waals surface area contributed by atoms with Gasteiger partial charge in [-0.2, -0.15) is 5.26 Å². The fourth-order valence-corrected chi connectivity index (χ4v) is 3.11. The summed E-state index contributed by atoms with van der Waals surface area (Å²) in [6, 6.07) is 6.81.